The quantitative estimate of drug-likeness (QED) is 0.261. The molecule has 192 valence electrons. The largest absolute Gasteiger partial charge is 0.385 e. The lowest BCUT2D eigenvalue weighted by molar-refractivity contribution is 0.375. The lowest BCUT2D eigenvalue weighted by Crippen LogP contribution is -2.40. The monoisotopic (exact) mass is 489 g/mol. The molecule has 36 heavy (non-hydrogen) atoms. The number of hydrogen-bond donors (Lipinski definition) is 2. The van der Waals surface area contributed by atoms with Crippen molar-refractivity contribution in [1.82, 2.24) is 15.1 Å². The standard InChI is InChI=1S/C30H40FN5/c1-4-21-12-13-28(34-24-10-6-5-7-11-24)27(15-21)30(32)36-14-8-9-22-16-26(23-18-33-35(3)19-23)25(20(2)31)17-29(22)36/h4,16-21,24,32,34H,1,5-15H2,2-3H3. The highest BCUT2D eigenvalue weighted by Crippen LogP contribution is 2.40. The molecular weight excluding hydrogens is 449 g/mol. The molecule has 0 radical (unpaired) electrons. The zero-order valence-electron chi connectivity index (χ0n) is 21.8. The van der Waals surface area contributed by atoms with Gasteiger partial charge in [0.1, 0.15) is 12.0 Å². The van der Waals surface area contributed by atoms with Gasteiger partial charge in [0.25, 0.3) is 0 Å². The number of nitrogens with one attached hydrogen (secondary N) is 2. The van der Waals surface area contributed by atoms with Gasteiger partial charge in [0.05, 0.1) is 6.20 Å². The Balaban J connectivity index is 1.51. The van der Waals surface area contributed by atoms with Gasteiger partial charge in [0.15, 0.2) is 0 Å². The molecule has 6 heteroatoms. The maximum atomic E-state index is 14.9. The van der Waals surface area contributed by atoms with Gasteiger partial charge in [-0.3, -0.25) is 10.1 Å². The normalized spacial score (nSPS) is 21.8. The van der Waals surface area contributed by atoms with Crippen molar-refractivity contribution in [2.75, 3.05) is 11.4 Å². The second-order valence-corrected chi connectivity index (χ2v) is 10.9. The number of anilines is 1. The lowest BCUT2D eigenvalue weighted by Gasteiger charge is -2.37. The average Bonchev–Trinajstić information content (AvgIpc) is 3.34. The van der Waals surface area contributed by atoms with Crippen molar-refractivity contribution in [2.24, 2.45) is 13.0 Å². The Labute approximate surface area is 215 Å². The van der Waals surface area contributed by atoms with Crippen LogP contribution in [-0.2, 0) is 13.5 Å². The van der Waals surface area contributed by atoms with E-state index in [1.165, 1.54) is 43.4 Å². The SMILES string of the molecule is C=CC1CCC(NC2CCCCC2)=C(C(=N)N2CCCc3cc(-c4cnn(C)c4)c(C(C)F)cc32)C1. The molecule has 2 unspecified atom stereocenters. The molecule has 0 spiro atoms. The van der Waals surface area contributed by atoms with Gasteiger partial charge in [-0.1, -0.05) is 25.3 Å². The minimum atomic E-state index is -1.11. The first-order chi connectivity index (χ1) is 17.4. The Kier molecular flexibility index (Phi) is 7.31. The topological polar surface area (TPSA) is 56.9 Å². The van der Waals surface area contributed by atoms with E-state index in [0.29, 0.717) is 23.4 Å². The zero-order valence-corrected chi connectivity index (χ0v) is 21.8. The highest BCUT2D eigenvalue weighted by molar-refractivity contribution is 6.09. The lowest BCUT2D eigenvalue weighted by atomic mass is 9.84. The summed E-state index contributed by atoms with van der Waals surface area (Å²) in [5, 5.41) is 17.6. The number of nitrogens with zero attached hydrogens (tertiary/aromatic N) is 3. The minimum Gasteiger partial charge on any atom is -0.385 e. The van der Waals surface area contributed by atoms with E-state index in [1.807, 2.05) is 25.5 Å². The van der Waals surface area contributed by atoms with Crippen LogP contribution in [0.4, 0.5) is 10.1 Å². The number of rotatable bonds is 6. The second-order valence-electron chi connectivity index (χ2n) is 10.9. The molecule has 1 aromatic heterocycles. The molecule has 1 aliphatic heterocycles. The van der Waals surface area contributed by atoms with Crippen molar-refractivity contribution in [3.8, 4) is 11.1 Å². The third-order valence-electron chi connectivity index (χ3n) is 8.28. The summed E-state index contributed by atoms with van der Waals surface area (Å²) >= 11 is 0. The van der Waals surface area contributed by atoms with E-state index in [-0.39, 0.29) is 0 Å². The number of benzene rings is 1. The molecule has 5 nitrogen and oxygen atoms in total. The van der Waals surface area contributed by atoms with Crippen LogP contribution in [0.3, 0.4) is 0 Å². The van der Waals surface area contributed by atoms with Crippen LogP contribution >= 0.6 is 0 Å². The van der Waals surface area contributed by atoms with Crippen LogP contribution in [0.5, 0.6) is 0 Å². The molecule has 0 bridgehead atoms. The zero-order chi connectivity index (χ0) is 25.2. The van der Waals surface area contributed by atoms with Gasteiger partial charge in [0.2, 0.25) is 0 Å². The Bertz CT molecular complexity index is 1150. The summed E-state index contributed by atoms with van der Waals surface area (Å²) < 4.78 is 16.7. The van der Waals surface area contributed by atoms with E-state index in [0.717, 1.165) is 61.0 Å². The number of aryl methyl sites for hydroxylation is 2. The highest BCUT2D eigenvalue weighted by Gasteiger charge is 2.30. The first-order valence-corrected chi connectivity index (χ1v) is 13.7. The van der Waals surface area contributed by atoms with E-state index in [4.69, 9.17) is 0 Å². The molecule has 0 amide bonds. The molecule has 2 heterocycles. The molecule has 5 rings (SSSR count). The van der Waals surface area contributed by atoms with E-state index >= 15 is 0 Å². The third-order valence-corrected chi connectivity index (χ3v) is 8.28. The molecule has 1 fully saturated rings. The third kappa shape index (κ3) is 5.00. The molecule has 3 aliphatic rings. The summed E-state index contributed by atoms with van der Waals surface area (Å²) in [7, 11) is 1.89. The molecule has 2 atom stereocenters. The highest BCUT2D eigenvalue weighted by atomic mass is 19.1. The van der Waals surface area contributed by atoms with E-state index in [9.17, 15) is 9.80 Å². The summed E-state index contributed by atoms with van der Waals surface area (Å²) in [6.07, 6.45) is 15.9. The second kappa shape index (κ2) is 10.6. The predicted molar refractivity (Wildman–Crippen MR) is 146 cm³/mol. The van der Waals surface area contributed by atoms with Crippen molar-refractivity contribution in [2.45, 2.75) is 83.3 Å². The summed E-state index contributed by atoms with van der Waals surface area (Å²) in [5.41, 5.74) is 7.07. The fraction of sp³-hybridized carbons (Fsp3) is 0.533. The average molecular weight is 490 g/mol. The van der Waals surface area contributed by atoms with Crippen LogP contribution < -0.4 is 10.2 Å². The maximum Gasteiger partial charge on any atom is 0.130 e. The number of alkyl halides is 1. The fourth-order valence-electron chi connectivity index (χ4n) is 6.24. The Morgan fingerprint density at radius 1 is 1.19 bits per heavy atom. The van der Waals surface area contributed by atoms with Crippen LogP contribution in [0.1, 0.15) is 82.0 Å². The van der Waals surface area contributed by atoms with Crippen LogP contribution in [0.25, 0.3) is 11.1 Å². The van der Waals surface area contributed by atoms with Crippen molar-refractivity contribution in [3.05, 3.63) is 59.6 Å². The van der Waals surface area contributed by atoms with E-state index in [1.54, 1.807) is 11.6 Å². The van der Waals surface area contributed by atoms with Gasteiger partial charge in [0, 0.05) is 48.4 Å². The van der Waals surface area contributed by atoms with Gasteiger partial charge >= 0.3 is 0 Å². The van der Waals surface area contributed by atoms with Crippen LogP contribution in [-0.4, -0.2) is 28.2 Å². The predicted octanol–water partition coefficient (Wildman–Crippen LogP) is 7.01. The number of aromatic nitrogens is 2. The number of fused-ring (bicyclic) bond motifs is 1. The summed E-state index contributed by atoms with van der Waals surface area (Å²) in [6.45, 7) is 6.45. The smallest absolute Gasteiger partial charge is 0.130 e. The fourth-order valence-corrected chi connectivity index (χ4v) is 6.24. The van der Waals surface area contributed by atoms with Gasteiger partial charge in [-0.15, -0.1) is 6.58 Å². The number of hydrogen-bond acceptors (Lipinski definition) is 3. The Morgan fingerprint density at radius 2 is 2.00 bits per heavy atom. The first-order valence-electron chi connectivity index (χ1n) is 13.7. The molecule has 2 aliphatic carbocycles. The maximum absolute atomic E-state index is 14.9. The Morgan fingerprint density at radius 3 is 2.69 bits per heavy atom. The molecule has 1 aromatic carbocycles. The number of amidine groups is 1. The molecule has 2 aromatic rings. The molecule has 2 N–H and O–H groups in total. The van der Waals surface area contributed by atoms with Crippen LogP contribution in [0.2, 0.25) is 0 Å². The molecule has 0 saturated heterocycles. The van der Waals surface area contributed by atoms with Crippen molar-refractivity contribution < 1.29 is 4.39 Å². The minimum absolute atomic E-state index is 0.399. The van der Waals surface area contributed by atoms with Crippen LogP contribution in [0.15, 0.2) is 48.5 Å². The summed E-state index contributed by atoms with van der Waals surface area (Å²) in [6, 6.07) is 4.66. The summed E-state index contributed by atoms with van der Waals surface area (Å²) in [5.74, 6) is 0.975. The first kappa shape index (κ1) is 24.8. The van der Waals surface area contributed by atoms with Crippen molar-refractivity contribution in [3.63, 3.8) is 0 Å². The van der Waals surface area contributed by atoms with E-state index < -0.39 is 6.17 Å². The van der Waals surface area contributed by atoms with Gasteiger partial charge in [-0.25, -0.2) is 4.39 Å². The van der Waals surface area contributed by atoms with Gasteiger partial charge in [-0.05, 0) is 86.6 Å². The van der Waals surface area contributed by atoms with Crippen molar-refractivity contribution >= 4 is 11.5 Å². The molecule has 1 saturated carbocycles. The number of allylic oxidation sites excluding steroid dienone is 2. The van der Waals surface area contributed by atoms with Gasteiger partial charge < -0.3 is 10.2 Å². The van der Waals surface area contributed by atoms with Crippen molar-refractivity contribution in [1.29, 1.82) is 5.41 Å². The van der Waals surface area contributed by atoms with E-state index in [2.05, 4.69) is 34.0 Å². The summed E-state index contributed by atoms with van der Waals surface area (Å²) in [4.78, 5) is 2.14. The Hall–Kier alpha value is -2.89. The van der Waals surface area contributed by atoms with Gasteiger partial charge in [-0.2, -0.15) is 5.10 Å². The molecular formula is C30H40FN5. The van der Waals surface area contributed by atoms with Crippen LogP contribution in [0, 0.1) is 11.3 Å². The number of halogens is 1.